The third-order valence-corrected chi connectivity index (χ3v) is 4.30. The zero-order valence-corrected chi connectivity index (χ0v) is 12.1. The smallest absolute Gasteiger partial charge is 0.168 e. The summed E-state index contributed by atoms with van der Waals surface area (Å²) in [7, 11) is 0. The van der Waals surface area contributed by atoms with E-state index in [1.807, 2.05) is 6.07 Å². The number of hydrogen-bond donors (Lipinski definition) is 1. The standard InChI is InChI=1S/C16H21FN2O2/c17-15-11-13(19-7-9-21-10-8-19)1-2-14(15)16(20)12-3-5-18-6-4-12/h1-2,11-12,18H,3-10H2. The van der Waals surface area contributed by atoms with Crippen molar-refractivity contribution in [3.8, 4) is 0 Å². The summed E-state index contributed by atoms with van der Waals surface area (Å²) in [5, 5.41) is 3.22. The molecule has 0 unspecified atom stereocenters. The Morgan fingerprint density at radius 3 is 2.62 bits per heavy atom. The largest absolute Gasteiger partial charge is 0.378 e. The molecular formula is C16H21FN2O2. The van der Waals surface area contributed by atoms with Crippen molar-refractivity contribution < 1.29 is 13.9 Å². The number of carbonyl (C=O) groups excluding carboxylic acids is 1. The second kappa shape index (κ2) is 6.54. The lowest BCUT2D eigenvalue weighted by molar-refractivity contribution is 0.0891. The number of ether oxygens (including phenoxy) is 1. The molecule has 4 nitrogen and oxygen atoms in total. The van der Waals surface area contributed by atoms with Crippen molar-refractivity contribution in [1.29, 1.82) is 0 Å². The van der Waals surface area contributed by atoms with Crippen LogP contribution in [-0.2, 0) is 4.74 Å². The van der Waals surface area contributed by atoms with Crippen molar-refractivity contribution >= 4 is 11.5 Å². The molecule has 0 atom stereocenters. The molecule has 2 heterocycles. The highest BCUT2D eigenvalue weighted by molar-refractivity contribution is 5.98. The van der Waals surface area contributed by atoms with Crippen molar-refractivity contribution in [2.75, 3.05) is 44.3 Å². The zero-order valence-electron chi connectivity index (χ0n) is 12.1. The van der Waals surface area contributed by atoms with E-state index in [1.165, 1.54) is 6.07 Å². The Hall–Kier alpha value is -1.46. The highest BCUT2D eigenvalue weighted by Gasteiger charge is 2.25. The van der Waals surface area contributed by atoms with E-state index in [-0.39, 0.29) is 17.3 Å². The number of anilines is 1. The Labute approximate surface area is 124 Å². The maximum Gasteiger partial charge on any atom is 0.168 e. The third kappa shape index (κ3) is 3.24. The molecule has 0 saturated carbocycles. The molecule has 114 valence electrons. The van der Waals surface area contributed by atoms with Crippen LogP contribution in [0.25, 0.3) is 0 Å². The van der Waals surface area contributed by atoms with Gasteiger partial charge in [0.1, 0.15) is 5.82 Å². The van der Waals surface area contributed by atoms with Gasteiger partial charge in [-0.05, 0) is 44.1 Å². The van der Waals surface area contributed by atoms with E-state index in [4.69, 9.17) is 4.74 Å². The Balaban J connectivity index is 1.75. The third-order valence-electron chi connectivity index (χ3n) is 4.30. The molecule has 2 aliphatic heterocycles. The Bertz CT molecular complexity index is 509. The first kappa shape index (κ1) is 14.5. The van der Waals surface area contributed by atoms with Gasteiger partial charge in [-0.1, -0.05) is 0 Å². The number of hydrogen-bond acceptors (Lipinski definition) is 4. The van der Waals surface area contributed by atoms with Gasteiger partial charge < -0.3 is 15.0 Å². The monoisotopic (exact) mass is 292 g/mol. The van der Waals surface area contributed by atoms with Crippen LogP contribution in [0.5, 0.6) is 0 Å². The van der Waals surface area contributed by atoms with Gasteiger partial charge in [0.25, 0.3) is 0 Å². The van der Waals surface area contributed by atoms with Gasteiger partial charge in [-0.25, -0.2) is 4.39 Å². The van der Waals surface area contributed by atoms with Gasteiger partial charge in [0, 0.05) is 24.7 Å². The molecule has 3 rings (SSSR count). The Kier molecular flexibility index (Phi) is 4.51. The molecule has 0 aliphatic carbocycles. The number of ketones is 1. The van der Waals surface area contributed by atoms with E-state index >= 15 is 0 Å². The molecule has 1 aromatic rings. The topological polar surface area (TPSA) is 41.6 Å². The van der Waals surface area contributed by atoms with E-state index in [1.54, 1.807) is 6.07 Å². The van der Waals surface area contributed by atoms with Gasteiger partial charge in [0.05, 0.1) is 18.8 Å². The van der Waals surface area contributed by atoms with E-state index < -0.39 is 5.82 Å². The number of rotatable bonds is 3. The van der Waals surface area contributed by atoms with E-state index in [0.717, 1.165) is 44.7 Å². The van der Waals surface area contributed by atoms with Crippen molar-refractivity contribution in [3.05, 3.63) is 29.6 Å². The number of piperidine rings is 1. The molecule has 1 aromatic carbocycles. The van der Waals surface area contributed by atoms with Gasteiger partial charge in [0.15, 0.2) is 5.78 Å². The first-order valence-electron chi connectivity index (χ1n) is 7.63. The average molecular weight is 292 g/mol. The van der Waals surface area contributed by atoms with Crippen molar-refractivity contribution in [1.82, 2.24) is 5.32 Å². The second-order valence-electron chi connectivity index (χ2n) is 5.65. The minimum atomic E-state index is -0.400. The summed E-state index contributed by atoms with van der Waals surface area (Å²) in [5.41, 5.74) is 1.07. The summed E-state index contributed by atoms with van der Waals surface area (Å²) >= 11 is 0. The zero-order chi connectivity index (χ0) is 14.7. The summed E-state index contributed by atoms with van der Waals surface area (Å²) in [6, 6.07) is 4.98. The Morgan fingerprint density at radius 1 is 1.24 bits per heavy atom. The number of carbonyl (C=O) groups is 1. The fourth-order valence-corrected chi connectivity index (χ4v) is 3.03. The first-order valence-corrected chi connectivity index (χ1v) is 7.63. The van der Waals surface area contributed by atoms with Gasteiger partial charge >= 0.3 is 0 Å². The van der Waals surface area contributed by atoms with Gasteiger partial charge in [-0.15, -0.1) is 0 Å². The maximum absolute atomic E-state index is 14.3. The number of morpholine rings is 1. The fraction of sp³-hybridized carbons (Fsp3) is 0.562. The Morgan fingerprint density at radius 2 is 1.95 bits per heavy atom. The number of benzene rings is 1. The molecule has 0 aromatic heterocycles. The molecule has 1 N–H and O–H groups in total. The van der Waals surface area contributed by atoms with Gasteiger partial charge in [-0.3, -0.25) is 4.79 Å². The summed E-state index contributed by atoms with van der Waals surface area (Å²) < 4.78 is 19.6. The second-order valence-corrected chi connectivity index (χ2v) is 5.65. The van der Waals surface area contributed by atoms with Crippen LogP contribution in [0.15, 0.2) is 18.2 Å². The SMILES string of the molecule is O=C(c1ccc(N2CCOCC2)cc1F)C1CCNCC1. The summed E-state index contributed by atoms with van der Waals surface area (Å²) in [4.78, 5) is 14.5. The number of Topliss-reactive ketones (excluding diaryl/α,β-unsaturated/α-hetero) is 1. The fourth-order valence-electron chi connectivity index (χ4n) is 3.03. The minimum absolute atomic E-state index is 0.0463. The van der Waals surface area contributed by atoms with Crippen LogP contribution in [0.4, 0.5) is 10.1 Å². The molecule has 2 aliphatic rings. The first-order chi connectivity index (χ1) is 10.3. The van der Waals surface area contributed by atoms with Gasteiger partial charge in [-0.2, -0.15) is 0 Å². The van der Waals surface area contributed by atoms with E-state index in [2.05, 4.69) is 10.2 Å². The summed E-state index contributed by atoms with van der Waals surface area (Å²) in [6.45, 7) is 4.53. The van der Waals surface area contributed by atoms with Crippen LogP contribution in [0, 0.1) is 11.7 Å². The normalized spacial score (nSPS) is 20.5. The maximum atomic E-state index is 14.3. The molecule has 5 heteroatoms. The van der Waals surface area contributed by atoms with Crippen LogP contribution in [-0.4, -0.2) is 45.2 Å². The summed E-state index contributed by atoms with van der Waals surface area (Å²) in [5.74, 6) is -0.500. The van der Waals surface area contributed by atoms with Crippen LogP contribution in [0.3, 0.4) is 0 Å². The van der Waals surface area contributed by atoms with Crippen molar-refractivity contribution in [3.63, 3.8) is 0 Å². The van der Waals surface area contributed by atoms with Crippen molar-refractivity contribution in [2.45, 2.75) is 12.8 Å². The molecule has 2 saturated heterocycles. The highest BCUT2D eigenvalue weighted by Crippen LogP contribution is 2.24. The molecule has 0 spiro atoms. The number of halogens is 1. The lowest BCUT2D eigenvalue weighted by atomic mass is 9.89. The molecular weight excluding hydrogens is 271 g/mol. The number of nitrogens with one attached hydrogen (secondary N) is 1. The molecule has 0 bridgehead atoms. The highest BCUT2D eigenvalue weighted by atomic mass is 19.1. The molecule has 0 amide bonds. The molecule has 2 fully saturated rings. The predicted octanol–water partition coefficient (Wildman–Crippen LogP) is 1.84. The van der Waals surface area contributed by atoms with E-state index in [0.29, 0.717) is 13.2 Å². The van der Waals surface area contributed by atoms with Crippen molar-refractivity contribution in [2.24, 2.45) is 5.92 Å². The van der Waals surface area contributed by atoms with Crippen LogP contribution in [0.2, 0.25) is 0 Å². The van der Waals surface area contributed by atoms with Crippen LogP contribution < -0.4 is 10.2 Å². The number of nitrogens with zero attached hydrogens (tertiary/aromatic N) is 1. The lowest BCUT2D eigenvalue weighted by Gasteiger charge is -2.29. The minimum Gasteiger partial charge on any atom is -0.378 e. The molecule has 0 radical (unpaired) electrons. The summed E-state index contributed by atoms with van der Waals surface area (Å²) in [6.07, 6.45) is 1.59. The van der Waals surface area contributed by atoms with E-state index in [9.17, 15) is 9.18 Å². The lowest BCUT2D eigenvalue weighted by Crippen LogP contribution is -2.36. The quantitative estimate of drug-likeness (QED) is 0.863. The van der Waals surface area contributed by atoms with Crippen LogP contribution >= 0.6 is 0 Å². The molecule has 21 heavy (non-hydrogen) atoms. The average Bonchev–Trinajstić information content (AvgIpc) is 2.56. The van der Waals surface area contributed by atoms with Crippen LogP contribution in [0.1, 0.15) is 23.2 Å². The predicted molar refractivity (Wildman–Crippen MR) is 79.4 cm³/mol. The van der Waals surface area contributed by atoms with Gasteiger partial charge in [0.2, 0.25) is 0 Å².